The normalized spacial score (nSPS) is 7.67. The van der Waals surface area contributed by atoms with E-state index in [4.69, 9.17) is 0 Å². The van der Waals surface area contributed by atoms with E-state index in [0.29, 0.717) is 0 Å². The van der Waals surface area contributed by atoms with Crippen LogP contribution in [0.4, 0.5) is 0 Å². The van der Waals surface area contributed by atoms with Crippen LogP contribution in [0, 0.1) is 0 Å². The summed E-state index contributed by atoms with van der Waals surface area (Å²) in [6, 6.07) is 0. The van der Waals surface area contributed by atoms with Crippen LogP contribution in [0.15, 0.2) is 0 Å². The van der Waals surface area contributed by atoms with Gasteiger partial charge in [-0.1, -0.05) is 0 Å². The number of carbonyl (C=O) groups excluding carboxylic acids is 1. The molecule has 0 heterocycles. The van der Waals surface area contributed by atoms with Crippen LogP contribution in [0.25, 0.3) is 0 Å². The molecule has 3 heteroatoms. The summed E-state index contributed by atoms with van der Waals surface area (Å²) in [7, 11) is 0. The zero-order valence-electron chi connectivity index (χ0n) is 3.82. The number of carbonyl (C=O) groups is 1. The van der Waals surface area contributed by atoms with Crippen molar-refractivity contribution in [2.45, 2.75) is 11.9 Å². The molecule has 0 aromatic carbocycles. The van der Waals surface area contributed by atoms with Crippen molar-refractivity contribution in [2.24, 2.45) is 0 Å². The SMILES string of the molecule is [CH3][Sn][O]C(C)=O. The molecule has 0 rings (SSSR count). The average molecular weight is 193 g/mol. The molecule has 0 saturated heterocycles. The molecule has 0 amide bonds. The van der Waals surface area contributed by atoms with Crippen molar-refractivity contribution in [3.05, 3.63) is 0 Å². The molecule has 0 spiro atoms. The third-order valence-electron chi connectivity index (χ3n) is 0.246. The van der Waals surface area contributed by atoms with E-state index >= 15 is 0 Å². The van der Waals surface area contributed by atoms with Gasteiger partial charge in [-0.2, -0.15) is 0 Å². The number of hydrogen-bond donors (Lipinski definition) is 0. The Morgan fingerprint density at radius 1 is 1.83 bits per heavy atom. The number of rotatable bonds is 1. The van der Waals surface area contributed by atoms with Crippen molar-refractivity contribution in [1.29, 1.82) is 0 Å². The van der Waals surface area contributed by atoms with E-state index in [2.05, 4.69) is 3.07 Å². The van der Waals surface area contributed by atoms with E-state index in [-0.39, 0.29) is 5.97 Å². The molecule has 0 unspecified atom stereocenters. The summed E-state index contributed by atoms with van der Waals surface area (Å²) < 4.78 is 4.57. The Bertz CT molecular complexity index is 52.8. The summed E-state index contributed by atoms with van der Waals surface area (Å²) >= 11 is -0.699. The molecular formula is C3H6O2Sn. The molecule has 0 N–H and O–H groups in total. The maximum atomic E-state index is 9.86. The predicted octanol–water partition coefficient (Wildman–Crippen LogP) is 0.217. The van der Waals surface area contributed by atoms with Gasteiger partial charge in [0.15, 0.2) is 0 Å². The maximum absolute atomic E-state index is 9.86. The standard InChI is InChI=1S/C2H4O2.CH3.Sn/c1-2(3)4;;/h1H3,(H,3,4);1H3;/q;;+1/p-1. The third-order valence-corrected chi connectivity index (χ3v) is 1.65. The van der Waals surface area contributed by atoms with E-state index < -0.39 is 21.6 Å². The molecule has 0 atom stereocenters. The molecule has 0 aromatic rings. The molecule has 0 fully saturated rings. The summed E-state index contributed by atoms with van der Waals surface area (Å²) in [6.07, 6.45) is 0. The van der Waals surface area contributed by atoms with Crippen LogP contribution in [-0.2, 0) is 7.87 Å². The first-order valence-electron chi connectivity index (χ1n) is 1.61. The summed E-state index contributed by atoms with van der Waals surface area (Å²) in [5.41, 5.74) is 0. The fraction of sp³-hybridized carbons (Fsp3) is 0.667. The minimum atomic E-state index is -0.699. The van der Waals surface area contributed by atoms with Gasteiger partial charge in [0.25, 0.3) is 0 Å². The zero-order chi connectivity index (χ0) is 4.99. The number of hydrogen-bond acceptors (Lipinski definition) is 2. The van der Waals surface area contributed by atoms with Crippen molar-refractivity contribution in [3.63, 3.8) is 0 Å². The van der Waals surface area contributed by atoms with Crippen LogP contribution in [-0.4, -0.2) is 27.5 Å². The Kier molecular flexibility index (Phi) is 3.61. The summed E-state index contributed by atoms with van der Waals surface area (Å²) in [4.78, 5) is 11.8. The molecule has 0 aromatic heterocycles. The van der Waals surface area contributed by atoms with Gasteiger partial charge in [0.05, 0.1) is 0 Å². The zero-order valence-corrected chi connectivity index (χ0v) is 6.67. The molecule has 2 nitrogen and oxygen atoms in total. The Labute approximate surface area is 47.6 Å². The fourth-order valence-electron chi connectivity index (χ4n) is 0.144. The summed E-state index contributed by atoms with van der Waals surface area (Å²) in [5.74, 6) is -0.135. The van der Waals surface area contributed by atoms with E-state index in [1.807, 2.05) is 4.94 Å². The van der Waals surface area contributed by atoms with Crippen LogP contribution < -0.4 is 0 Å². The van der Waals surface area contributed by atoms with Gasteiger partial charge in [-0.05, 0) is 0 Å². The van der Waals surface area contributed by atoms with E-state index in [9.17, 15) is 4.79 Å². The molecule has 0 bridgehead atoms. The third kappa shape index (κ3) is 4.27. The Balaban J connectivity index is 2.83. The summed E-state index contributed by atoms with van der Waals surface area (Å²) in [5, 5.41) is 0. The van der Waals surface area contributed by atoms with Gasteiger partial charge in [0.2, 0.25) is 0 Å². The van der Waals surface area contributed by atoms with Crippen molar-refractivity contribution >= 4 is 27.5 Å². The van der Waals surface area contributed by atoms with Gasteiger partial charge < -0.3 is 0 Å². The van der Waals surface area contributed by atoms with Gasteiger partial charge in [-0.15, -0.1) is 0 Å². The Morgan fingerprint density at radius 2 is 2.33 bits per heavy atom. The minimum absolute atomic E-state index is 0.135. The molecule has 34 valence electrons. The first-order chi connectivity index (χ1) is 2.77. The van der Waals surface area contributed by atoms with Gasteiger partial charge in [-0.3, -0.25) is 0 Å². The second kappa shape index (κ2) is 3.46. The van der Waals surface area contributed by atoms with Crippen LogP contribution in [0.2, 0.25) is 4.94 Å². The van der Waals surface area contributed by atoms with Crippen molar-refractivity contribution < 1.29 is 7.87 Å². The van der Waals surface area contributed by atoms with Gasteiger partial charge in [0, 0.05) is 0 Å². The van der Waals surface area contributed by atoms with E-state index in [1.54, 1.807) is 0 Å². The van der Waals surface area contributed by atoms with Crippen LogP contribution >= 0.6 is 0 Å². The molecule has 6 heavy (non-hydrogen) atoms. The van der Waals surface area contributed by atoms with Crippen molar-refractivity contribution in [3.8, 4) is 0 Å². The molecule has 0 aliphatic rings. The van der Waals surface area contributed by atoms with Gasteiger partial charge >= 0.3 is 47.3 Å². The fourth-order valence-corrected chi connectivity index (χ4v) is 0.964. The molecule has 0 saturated carbocycles. The Hall–Kier alpha value is 0.269. The first kappa shape index (κ1) is 6.27. The monoisotopic (exact) mass is 194 g/mol. The molecule has 0 aliphatic heterocycles. The van der Waals surface area contributed by atoms with Crippen molar-refractivity contribution in [2.75, 3.05) is 0 Å². The molecule has 0 aliphatic carbocycles. The quantitative estimate of drug-likeness (QED) is 0.556. The topological polar surface area (TPSA) is 26.3 Å². The van der Waals surface area contributed by atoms with E-state index in [1.165, 1.54) is 6.92 Å². The first-order valence-corrected chi connectivity index (χ1v) is 5.63. The molecular weight excluding hydrogens is 187 g/mol. The van der Waals surface area contributed by atoms with Gasteiger partial charge in [0.1, 0.15) is 0 Å². The van der Waals surface area contributed by atoms with Crippen LogP contribution in [0.1, 0.15) is 6.92 Å². The van der Waals surface area contributed by atoms with Gasteiger partial charge in [-0.25, -0.2) is 0 Å². The second-order valence-corrected chi connectivity index (χ2v) is 2.55. The van der Waals surface area contributed by atoms with Crippen LogP contribution in [0.5, 0.6) is 0 Å². The average Bonchev–Trinajstić information content (AvgIpc) is 1.35. The van der Waals surface area contributed by atoms with E-state index in [0.717, 1.165) is 0 Å². The van der Waals surface area contributed by atoms with Crippen LogP contribution in [0.3, 0.4) is 0 Å². The Morgan fingerprint density at radius 3 is 2.33 bits per heavy atom. The van der Waals surface area contributed by atoms with Crippen molar-refractivity contribution in [1.82, 2.24) is 0 Å². The second-order valence-electron chi connectivity index (χ2n) is 0.798. The summed E-state index contributed by atoms with van der Waals surface area (Å²) in [6.45, 7) is 1.43. The molecule has 2 radical (unpaired) electrons. The predicted molar refractivity (Wildman–Crippen MR) is 23.4 cm³/mol.